The van der Waals surface area contributed by atoms with Crippen LogP contribution in [0.5, 0.6) is 0 Å². The molecule has 1 atom stereocenters. The number of pyridine rings is 1. The topological polar surface area (TPSA) is 74.4 Å². The number of rotatable bonds is 4. The van der Waals surface area contributed by atoms with E-state index < -0.39 is 0 Å². The number of carbonyl (C=O) groups is 1. The van der Waals surface area contributed by atoms with Gasteiger partial charge in [0, 0.05) is 49.3 Å². The standard InChI is InChI=1S/C20H25N3O3/c24-19-12-17(16-5-1-2-6-18(16)22-19)20(25)21-14-7-9-23(10-8-14)13-15-4-3-11-26-15/h1-2,5-6,12,14-15H,3-4,7-11,13H2,(H,21,25)(H,22,24)/t15-/m0/s1. The second-order valence-electron chi connectivity index (χ2n) is 7.28. The van der Waals surface area contributed by atoms with Crippen LogP contribution in [0.2, 0.25) is 0 Å². The summed E-state index contributed by atoms with van der Waals surface area (Å²) in [5, 5.41) is 3.90. The zero-order valence-electron chi connectivity index (χ0n) is 14.9. The van der Waals surface area contributed by atoms with Gasteiger partial charge in [-0.25, -0.2) is 0 Å². The van der Waals surface area contributed by atoms with E-state index in [1.165, 1.54) is 12.5 Å². The normalized spacial score (nSPS) is 21.9. The predicted molar refractivity (Wildman–Crippen MR) is 100 cm³/mol. The van der Waals surface area contributed by atoms with Crippen molar-refractivity contribution in [1.29, 1.82) is 0 Å². The first kappa shape index (κ1) is 17.2. The maximum atomic E-state index is 12.7. The Kier molecular flexibility index (Phi) is 5.04. The molecule has 2 fully saturated rings. The number of nitrogens with one attached hydrogen (secondary N) is 2. The molecule has 0 aliphatic carbocycles. The molecule has 0 radical (unpaired) electrons. The molecular weight excluding hydrogens is 330 g/mol. The van der Waals surface area contributed by atoms with Crippen molar-refractivity contribution in [3.05, 3.63) is 46.2 Å². The monoisotopic (exact) mass is 355 g/mol. The third-order valence-electron chi connectivity index (χ3n) is 5.40. The lowest BCUT2D eigenvalue weighted by molar-refractivity contribution is 0.0613. The molecule has 0 saturated carbocycles. The smallest absolute Gasteiger partial charge is 0.252 e. The maximum Gasteiger partial charge on any atom is 0.252 e. The quantitative estimate of drug-likeness (QED) is 0.878. The van der Waals surface area contributed by atoms with Gasteiger partial charge < -0.3 is 19.9 Å². The van der Waals surface area contributed by atoms with E-state index in [1.54, 1.807) is 0 Å². The van der Waals surface area contributed by atoms with Gasteiger partial charge in [-0.05, 0) is 31.7 Å². The molecule has 1 amide bonds. The number of likely N-dealkylation sites (tertiary alicyclic amines) is 1. The number of hydrogen-bond acceptors (Lipinski definition) is 4. The van der Waals surface area contributed by atoms with E-state index in [4.69, 9.17) is 4.74 Å². The minimum Gasteiger partial charge on any atom is -0.377 e. The van der Waals surface area contributed by atoms with E-state index >= 15 is 0 Å². The van der Waals surface area contributed by atoms with Gasteiger partial charge in [0.15, 0.2) is 0 Å². The van der Waals surface area contributed by atoms with E-state index in [2.05, 4.69) is 15.2 Å². The van der Waals surface area contributed by atoms with Gasteiger partial charge in [-0.1, -0.05) is 18.2 Å². The van der Waals surface area contributed by atoms with E-state index in [-0.39, 0.29) is 17.5 Å². The zero-order valence-corrected chi connectivity index (χ0v) is 14.9. The molecule has 1 aromatic carbocycles. The third kappa shape index (κ3) is 3.81. The van der Waals surface area contributed by atoms with Crippen molar-refractivity contribution in [3.63, 3.8) is 0 Å². The van der Waals surface area contributed by atoms with Crippen molar-refractivity contribution >= 4 is 16.8 Å². The predicted octanol–water partition coefficient (Wildman–Crippen LogP) is 1.90. The number of aromatic nitrogens is 1. The van der Waals surface area contributed by atoms with Crippen LogP contribution in [0.4, 0.5) is 0 Å². The molecule has 0 unspecified atom stereocenters. The summed E-state index contributed by atoms with van der Waals surface area (Å²) in [6.45, 7) is 3.84. The highest BCUT2D eigenvalue weighted by Gasteiger charge is 2.25. The summed E-state index contributed by atoms with van der Waals surface area (Å²) < 4.78 is 5.71. The fraction of sp³-hybridized carbons (Fsp3) is 0.500. The van der Waals surface area contributed by atoms with Crippen molar-refractivity contribution in [2.45, 2.75) is 37.8 Å². The second-order valence-corrected chi connectivity index (χ2v) is 7.28. The van der Waals surface area contributed by atoms with Crippen molar-refractivity contribution < 1.29 is 9.53 Å². The molecule has 0 bridgehead atoms. The molecule has 0 spiro atoms. The van der Waals surface area contributed by atoms with Crippen molar-refractivity contribution in [1.82, 2.24) is 15.2 Å². The van der Waals surface area contributed by atoms with Crippen LogP contribution in [0.1, 0.15) is 36.0 Å². The van der Waals surface area contributed by atoms with Gasteiger partial charge in [-0.2, -0.15) is 0 Å². The SMILES string of the molecule is O=C(NC1CCN(C[C@@H]2CCCO2)CC1)c1cc(=O)[nH]c2ccccc12. The van der Waals surface area contributed by atoms with Gasteiger partial charge in [-0.3, -0.25) is 9.59 Å². The fourth-order valence-corrected chi connectivity index (χ4v) is 3.99. The van der Waals surface area contributed by atoms with E-state index in [0.717, 1.165) is 50.9 Å². The number of benzene rings is 1. The summed E-state index contributed by atoms with van der Waals surface area (Å²) in [6, 6.07) is 8.96. The van der Waals surface area contributed by atoms with E-state index in [9.17, 15) is 9.59 Å². The van der Waals surface area contributed by atoms with Gasteiger partial charge in [0.2, 0.25) is 5.56 Å². The Morgan fingerprint density at radius 1 is 1.23 bits per heavy atom. The van der Waals surface area contributed by atoms with Crippen LogP contribution in [-0.4, -0.2) is 54.2 Å². The third-order valence-corrected chi connectivity index (χ3v) is 5.40. The molecule has 2 aliphatic rings. The highest BCUT2D eigenvalue weighted by atomic mass is 16.5. The van der Waals surface area contributed by atoms with Crippen molar-refractivity contribution in [2.75, 3.05) is 26.2 Å². The number of H-pyrrole nitrogens is 1. The largest absolute Gasteiger partial charge is 0.377 e. The fourth-order valence-electron chi connectivity index (χ4n) is 3.99. The number of piperidine rings is 1. The zero-order chi connectivity index (χ0) is 17.9. The van der Waals surface area contributed by atoms with Crippen LogP contribution in [0, 0.1) is 0 Å². The number of aromatic amines is 1. The van der Waals surface area contributed by atoms with Crippen molar-refractivity contribution in [3.8, 4) is 0 Å². The summed E-state index contributed by atoms with van der Waals surface area (Å²) in [4.78, 5) is 29.8. The number of para-hydroxylation sites is 1. The lowest BCUT2D eigenvalue weighted by Gasteiger charge is -2.33. The summed E-state index contributed by atoms with van der Waals surface area (Å²) in [5.41, 5.74) is 0.892. The first-order valence-corrected chi connectivity index (χ1v) is 9.46. The summed E-state index contributed by atoms with van der Waals surface area (Å²) in [5.74, 6) is -0.162. The first-order chi connectivity index (χ1) is 12.7. The molecule has 6 heteroatoms. The van der Waals surface area contributed by atoms with Gasteiger partial charge in [0.1, 0.15) is 0 Å². The summed E-state index contributed by atoms with van der Waals surface area (Å²) >= 11 is 0. The highest BCUT2D eigenvalue weighted by Crippen LogP contribution is 2.18. The Bertz CT molecular complexity index is 834. The molecule has 2 aliphatic heterocycles. The van der Waals surface area contributed by atoms with Gasteiger partial charge in [-0.15, -0.1) is 0 Å². The first-order valence-electron chi connectivity index (χ1n) is 9.46. The minimum absolute atomic E-state index is 0.154. The molecule has 1 aromatic heterocycles. The molecule has 4 rings (SSSR count). The van der Waals surface area contributed by atoms with Crippen molar-refractivity contribution in [2.24, 2.45) is 0 Å². The number of fused-ring (bicyclic) bond motifs is 1. The Morgan fingerprint density at radius 2 is 2.04 bits per heavy atom. The Balaban J connectivity index is 1.38. The summed E-state index contributed by atoms with van der Waals surface area (Å²) in [7, 11) is 0. The average Bonchev–Trinajstić information content (AvgIpc) is 3.15. The molecule has 2 saturated heterocycles. The minimum atomic E-state index is -0.250. The Morgan fingerprint density at radius 3 is 2.81 bits per heavy atom. The molecular formula is C20H25N3O3. The molecule has 138 valence electrons. The molecule has 2 N–H and O–H groups in total. The molecule has 6 nitrogen and oxygen atoms in total. The Labute approximate surface area is 152 Å². The van der Waals surface area contributed by atoms with Crippen LogP contribution in [0.3, 0.4) is 0 Å². The number of amides is 1. The van der Waals surface area contributed by atoms with Crippen LogP contribution >= 0.6 is 0 Å². The van der Waals surface area contributed by atoms with Crippen LogP contribution < -0.4 is 10.9 Å². The maximum absolute atomic E-state index is 12.7. The molecule has 2 aromatic rings. The average molecular weight is 355 g/mol. The van der Waals surface area contributed by atoms with E-state index in [1.807, 2.05) is 24.3 Å². The molecule has 26 heavy (non-hydrogen) atoms. The lowest BCUT2D eigenvalue weighted by atomic mass is 10.0. The van der Waals surface area contributed by atoms with Crippen LogP contribution in [-0.2, 0) is 4.74 Å². The number of hydrogen-bond donors (Lipinski definition) is 2. The number of carbonyl (C=O) groups excluding carboxylic acids is 1. The van der Waals surface area contributed by atoms with Crippen LogP contribution in [0.15, 0.2) is 35.1 Å². The lowest BCUT2D eigenvalue weighted by Crippen LogP contribution is -2.46. The number of ether oxygens (including phenoxy) is 1. The van der Waals surface area contributed by atoms with E-state index in [0.29, 0.717) is 17.2 Å². The van der Waals surface area contributed by atoms with Crippen LogP contribution in [0.25, 0.3) is 10.9 Å². The highest BCUT2D eigenvalue weighted by molar-refractivity contribution is 6.06. The van der Waals surface area contributed by atoms with Gasteiger partial charge in [0.25, 0.3) is 5.91 Å². The summed E-state index contributed by atoms with van der Waals surface area (Å²) in [6.07, 6.45) is 4.57. The Hall–Kier alpha value is -2.18. The molecule has 3 heterocycles. The number of nitrogens with zero attached hydrogens (tertiary/aromatic N) is 1. The second kappa shape index (κ2) is 7.60. The van der Waals surface area contributed by atoms with Gasteiger partial charge in [0.05, 0.1) is 11.7 Å². The van der Waals surface area contributed by atoms with Gasteiger partial charge >= 0.3 is 0 Å².